The average molecular weight is 306 g/mol. The van der Waals surface area contributed by atoms with Crippen molar-refractivity contribution in [3.05, 3.63) is 40.2 Å². The molecule has 5 nitrogen and oxygen atoms in total. The van der Waals surface area contributed by atoms with Crippen LogP contribution in [0.5, 0.6) is 0 Å². The molecule has 0 spiro atoms. The van der Waals surface area contributed by atoms with E-state index in [1.54, 1.807) is 23.5 Å². The van der Waals surface area contributed by atoms with Crippen LogP contribution < -0.4 is 0 Å². The number of carbonyl (C=O) groups excluding carboxylic acids is 1. The Labute approximate surface area is 127 Å². The van der Waals surface area contributed by atoms with Crippen LogP contribution in [0.15, 0.2) is 28.2 Å². The van der Waals surface area contributed by atoms with Crippen LogP contribution in [0.25, 0.3) is 0 Å². The third kappa shape index (κ3) is 3.58. The summed E-state index contributed by atoms with van der Waals surface area (Å²) in [5.74, 6) is 0.446. The van der Waals surface area contributed by atoms with Gasteiger partial charge in [0.1, 0.15) is 5.01 Å². The molecule has 6 heteroatoms. The summed E-state index contributed by atoms with van der Waals surface area (Å²) in [6.45, 7) is 4.89. The molecule has 2 aromatic rings. The van der Waals surface area contributed by atoms with Gasteiger partial charge >= 0.3 is 0 Å². The van der Waals surface area contributed by atoms with E-state index in [1.165, 1.54) is 6.26 Å². The Balaban J connectivity index is 1.65. The number of ketones is 1. The van der Waals surface area contributed by atoms with Gasteiger partial charge in [-0.3, -0.25) is 9.69 Å². The molecule has 21 heavy (non-hydrogen) atoms. The van der Waals surface area contributed by atoms with Crippen molar-refractivity contribution in [1.29, 1.82) is 0 Å². The number of hydrogen-bond acceptors (Lipinski definition) is 6. The van der Waals surface area contributed by atoms with Crippen molar-refractivity contribution in [3.8, 4) is 0 Å². The third-order valence-corrected chi connectivity index (χ3v) is 4.52. The number of furan rings is 1. The number of morpholine rings is 1. The summed E-state index contributed by atoms with van der Waals surface area (Å²) < 4.78 is 10.7. The van der Waals surface area contributed by atoms with Gasteiger partial charge in [-0.25, -0.2) is 4.98 Å². The van der Waals surface area contributed by atoms with Gasteiger partial charge in [-0.05, 0) is 19.1 Å². The second-order valence-electron chi connectivity index (χ2n) is 5.19. The molecule has 0 saturated carbocycles. The molecular weight excluding hydrogens is 288 g/mol. The maximum absolute atomic E-state index is 12.2. The highest BCUT2D eigenvalue weighted by Crippen LogP contribution is 2.19. The summed E-state index contributed by atoms with van der Waals surface area (Å²) in [5, 5.41) is 3.14. The van der Waals surface area contributed by atoms with E-state index in [2.05, 4.69) is 15.3 Å². The molecule has 0 N–H and O–H groups in total. The predicted molar refractivity (Wildman–Crippen MR) is 79.5 cm³/mol. The SMILES string of the molecule is Cc1csc(CN2CCOC[C@H]2CC(=O)c2ccco2)n1. The van der Waals surface area contributed by atoms with Crippen LogP contribution in [0.3, 0.4) is 0 Å². The molecule has 1 atom stereocenters. The number of aryl methyl sites for hydroxylation is 1. The van der Waals surface area contributed by atoms with Crippen molar-refractivity contribution < 1.29 is 13.9 Å². The number of ether oxygens (including phenoxy) is 1. The zero-order valence-corrected chi connectivity index (χ0v) is 12.8. The van der Waals surface area contributed by atoms with Crippen molar-refractivity contribution in [3.63, 3.8) is 0 Å². The summed E-state index contributed by atoms with van der Waals surface area (Å²) in [4.78, 5) is 19.0. The fourth-order valence-electron chi connectivity index (χ4n) is 2.49. The molecule has 1 fully saturated rings. The van der Waals surface area contributed by atoms with Gasteiger partial charge in [0.25, 0.3) is 0 Å². The Morgan fingerprint density at radius 3 is 3.19 bits per heavy atom. The lowest BCUT2D eigenvalue weighted by molar-refractivity contribution is -0.0128. The number of rotatable bonds is 5. The zero-order chi connectivity index (χ0) is 14.7. The van der Waals surface area contributed by atoms with E-state index in [0.29, 0.717) is 25.4 Å². The molecule has 3 rings (SSSR count). The standard InChI is InChI=1S/C15H18N2O3S/c1-11-10-21-15(16-11)8-17-4-6-19-9-12(17)7-13(18)14-3-2-5-20-14/h2-3,5,10,12H,4,6-9H2,1H3/t12-/m1/s1. The van der Waals surface area contributed by atoms with Crippen molar-refractivity contribution in [2.45, 2.75) is 25.9 Å². The second kappa shape index (κ2) is 6.51. The van der Waals surface area contributed by atoms with Crippen molar-refractivity contribution in [2.75, 3.05) is 19.8 Å². The lowest BCUT2D eigenvalue weighted by Crippen LogP contribution is -2.45. The first-order valence-electron chi connectivity index (χ1n) is 7.02. The van der Waals surface area contributed by atoms with E-state index in [0.717, 1.165) is 23.8 Å². The van der Waals surface area contributed by atoms with E-state index in [9.17, 15) is 4.79 Å². The molecule has 0 amide bonds. The molecule has 0 aromatic carbocycles. The third-order valence-electron chi connectivity index (χ3n) is 3.57. The van der Waals surface area contributed by atoms with Gasteiger partial charge in [-0.2, -0.15) is 0 Å². The van der Waals surface area contributed by atoms with E-state index >= 15 is 0 Å². The van der Waals surface area contributed by atoms with Gasteiger partial charge < -0.3 is 9.15 Å². The Morgan fingerprint density at radius 2 is 2.48 bits per heavy atom. The predicted octanol–water partition coefficient (Wildman–Crippen LogP) is 2.52. The molecule has 0 bridgehead atoms. The van der Waals surface area contributed by atoms with E-state index < -0.39 is 0 Å². The summed E-state index contributed by atoms with van der Waals surface area (Å²) in [5.41, 5.74) is 1.05. The van der Waals surface area contributed by atoms with Crippen LogP contribution in [0, 0.1) is 6.92 Å². The maximum atomic E-state index is 12.2. The first-order chi connectivity index (χ1) is 10.2. The van der Waals surface area contributed by atoms with E-state index in [-0.39, 0.29) is 11.8 Å². The monoisotopic (exact) mass is 306 g/mol. The van der Waals surface area contributed by atoms with Crippen LogP contribution in [0.1, 0.15) is 27.7 Å². The van der Waals surface area contributed by atoms with E-state index in [4.69, 9.17) is 9.15 Å². The molecule has 1 aliphatic rings. The van der Waals surface area contributed by atoms with Crippen LogP contribution in [-0.4, -0.2) is 41.5 Å². The molecular formula is C15H18N2O3S. The van der Waals surface area contributed by atoms with Crippen molar-refractivity contribution in [2.24, 2.45) is 0 Å². The Morgan fingerprint density at radius 1 is 1.57 bits per heavy atom. The molecule has 1 aliphatic heterocycles. The van der Waals surface area contributed by atoms with Crippen LogP contribution in [0.2, 0.25) is 0 Å². The highest BCUT2D eigenvalue weighted by atomic mass is 32.1. The molecule has 3 heterocycles. The Kier molecular flexibility index (Phi) is 4.48. The normalized spacial score (nSPS) is 19.8. The molecule has 0 radical (unpaired) electrons. The minimum Gasteiger partial charge on any atom is -0.461 e. The smallest absolute Gasteiger partial charge is 0.199 e. The van der Waals surface area contributed by atoms with Gasteiger partial charge in [0.15, 0.2) is 11.5 Å². The highest BCUT2D eigenvalue weighted by molar-refractivity contribution is 7.09. The number of Topliss-reactive ketones (excluding diaryl/α,β-unsaturated/α-hetero) is 1. The quantitative estimate of drug-likeness (QED) is 0.795. The summed E-state index contributed by atoms with van der Waals surface area (Å²) in [6.07, 6.45) is 1.94. The minimum atomic E-state index is 0.0239. The molecule has 1 saturated heterocycles. The van der Waals surface area contributed by atoms with Gasteiger partial charge in [0, 0.05) is 30.1 Å². The van der Waals surface area contributed by atoms with Crippen LogP contribution >= 0.6 is 11.3 Å². The van der Waals surface area contributed by atoms with Crippen LogP contribution in [0.4, 0.5) is 0 Å². The molecule has 0 unspecified atom stereocenters. The fourth-order valence-corrected chi connectivity index (χ4v) is 3.28. The first kappa shape index (κ1) is 14.4. The molecule has 2 aromatic heterocycles. The molecule has 112 valence electrons. The van der Waals surface area contributed by atoms with E-state index in [1.807, 2.05) is 6.92 Å². The number of carbonyl (C=O) groups is 1. The number of hydrogen-bond donors (Lipinski definition) is 0. The van der Waals surface area contributed by atoms with Gasteiger partial charge in [0.2, 0.25) is 0 Å². The average Bonchev–Trinajstić information content (AvgIpc) is 3.13. The Hall–Kier alpha value is -1.50. The Bertz CT molecular complexity index is 594. The largest absolute Gasteiger partial charge is 0.461 e. The van der Waals surface area contributed by atoms with Crippen molar-refractivity contribution in [1.82, 2.24) is 9.88 Å². The summed E-state index contributed by atoms with van der Waals surface area (Å²) in [7, 11) is 0. The second-order valence-corrected chi connectivity index (χ2v) is 6.13. The van der Waals surface area contributed by atoms with Gasteiger partial charge in [0.05, 0.1) is 26.0 Å². The summed E-state index contributed by atoms with van der Waals surface area (Å²) >= 11 is 1.66. The van der Waals surface area contributed by atoms with Gasteiger partial charge in [-0.15, -0.1) is 11.3 Å². The highest BCUT2D eigenvalue weighted by Gasteiger charge is 2.27. The van der Waals surface area contributed by atoms with Crippen molar-refractivity contribution >= 4 is 17.1 Å². The molecule has 0 aliphatic carbocycles. The number of nitrogens with zero attached hydrogens (tertiary/aromatic N) is 2. The maximum Gasteiger partial charge on any atom is 0.199 e. The van der Waals surface area contributed by atoms with Gasteiger partial charge in [-0.1, -0.05) is 0 Å². The lowest BCUT2D eigenvalue weighted by atomic mass is 10.1. The fraction of sp³-hybridized carbons (Fsp3) is 0.467. The van der Waals surface area contributed by atoms with Crippen LogP contribution in [-0.2, 0) is 11.3 Å². The zero-order valence-electron chi connectivity index (χ0n) is 11.9. The number of aromatic nitrogens is 1. The topological polar surface area (TPSA) is 55.6 Å². The first-order valence-corrected chi connectivity index (χ1v) is 7.90. The summed E-state index contributed by atoms with van der Waals surface area (Å²) in [6, 6.07) is 3.53. The minimum absolute atomic E-state index is 0.0239. The lowest BCUT2D eigenvalue weighted by Gasteiger charge is -2.34. The number of thiazole rings is 1.